The minimum atomic E-state index is -1.75. The molecule has 1 aromatic carbocycles. The third-order valence-corrected chi connectivity index (χ3v) is 6.54. The number of benzene rings is 1. The van der Waals surface area contributed by atoms with E-state index in [1.54, 1.807) is 7.11 Å². The van der Waals surface area contributed by atoms with E-state index in [4.69, 9.17) is 9.94 Å². The molecule has 0 heterocycles. The SMILES string of the molecule is CNC(=O)C(NC(=O)C(CC(C)C)C(O)C(=O)NO)C(C)(C)SCc1ccc(OC)cc1. The van der Waals surface area contributed by atoms with Crippen LogP contribution < -0.4 is 20.9 Å². The van der Waals surface area contributed by atoms with Crippen molar-refractivity contribution in [3.8, 4) is 5.75 Å². The molecule has 180 valence electrons. The Morgan fingerprint density at radius 1 is 1.09 bits per heavy atom. The molecular formula is C22H35N3O6S. The van der Waals surface area contributed by atoms with Crippen molar-refractivity contribution in [2.45, 2.75) is 56.8 Å². The summed E-state index contributed by atoms with van der Waals surface area (Å²) in [4.78, 5) is 37.4. The Bertz CT molecular complexity index is 769. The van der Waals surface area contributed by atoms with Crippen molar-refractivity contribution >= 4 is 29.5 Å². The lowest BCUT2D eigenvalue weighted by molar-refractivity contribution is -0.147. The topological polar surface area (TPSA) is 137 Å². The van der Waals surface area contributed by atoms with Crippen LogP contribution in [0.25, 0.3) is 0 Å². The Balaban J connectivity index is 3.03. The first-order chi connectivity index (χ1) is 15.0. The molecule has 3 atom stereocenters. The molecule has 1 aromatic rings. The van der Waals surface area contributed by atoms with Crippen LogP contribution in [-0.4, -0.2) is 59.1 Å². The molecule has 0 aromatic heterocycles. The average Bonchev–Trinajstić information content (AvgIpc) is 2.77. The molecule has 5 N–H and O–H groups in total. The number of carbonyl (C=O) groups is 3. The molecule has 10 heteroatoms. The second-order valence-electron chi connectivity index (χ2n) is 8.45. The van der Waals surface area contributed by atoms with Crippen LogP contribution in [0.15, 0.2) is 24.3 Å². The Morgan fingerprint density at radius 3 is 2.16 bits per heavy atom. The van der Waals surface area contributed by atoms with E-state index < -0.39 is 40.5 Å². The first-order valence-electron chi connectivity index (χ1n) is 10.4. The fraction of sp³-hybridized carbons (Fsp3) is 0.591. The highest BCUT2D eigenvalue weighted by Gasteiger charge is 2.40. The van der Waals surface area contributed by atoms with Gasteiger partial charge in [-0.1, -0.05) is 26.0 Å². The van der Waals surface area contributed by atoms with Gasteiger partial charge in [-0.2, -0.15) is 0 Å². The average molecular weight is 470 g/mol. The van der Waals surface area contributed by atoms with Gasteiger partial charge in [0, 0.05) is 17.5 Å². The molecule has 0 radical (unpaired) electrons. The molecule has 0 bridgehead atoms. The highest BCUT2D eigenvalue weighted by molar-refractivity contribution is 7.99. The van der Waals surface area contributed by atoms with Crippen LogP contribution in [0.3, 0.4) is 0 Å². The Hall–Kier alpha value is -2.30. The van der Waals surface area contributed by atoms with Gasteiger partial charge in [0.25, 0.3) is 5.91 Å². The van der Waals surface area contributed by atoms with Gasteiger partial charge in [0.05, 0.1) is 13.0 Å². The molecule has 9 nitrogen and oxygen atoms in total. The molecule has 0 saturated carbocycles. The van der Waals surface area contributed by atoms with Crippen molar-refractivity contribution in [3.05, 3.63) is 29.8 Å². The van der Waals surface area contributed by atoms with Crippen LogP contribution in [0.2, 0.25) is 0 Å². The van der Waals surface area contributed by atoms with E-state index in [-0.39, 0.29) is 12.3 Å². The number of aliphatic hydroxyl groups is 1. The van der Waals surface area contributed by atoms with Gasteiger partial charge in [-0.05, 0) is 43.9 Å². The van der Waals surface area contributed by atoms with Crippen molar-refractivity contribution in [3.63, 3.8) is 0 Å². The number of hydrogen-bond acceptors (Lipinski definition) is 7. The van der Waals surface area contributed by atoms with Crippen LogP contribution in [0.4, 0.5) is 0 Å². The molecular weight excluding hydrogens is 434 g/mol. The lowest BCUT2D eigenvalue weighted by atomic mass is 9.90. The summed E-state index contributed by atoms with van der Waals surface area (Å²) in [6, 6.07) is 6.63. The van der Waals surface area contributed by atoms with Crippen molar-refractivity contribution in [2.24, 2.45) is 11.8 Å². The molecule has 0 aliphatic carbocycles. The quantitative estimate of drug-likeness (QED) is 0.231. The number of amides is 3. The summed E-state index contributed by atoms with van der Waals surface area (Å²) >= 11 is 1.49. The number of aliphatic hydroxyl groups excluding tert-OH is 1. The molecule has 0 spiro atoms. The van der Waals surface area contributed by atoms with Crippen molar-refractivity contribution in [1.82, 2.24) is 16.1 Å². The predicted octanol–water partition coefficient (Wildman–Crippen LogP) is 1.47. The first kappa shape index (κ1) is 27.7. The molecule has 0 saturated heterocycles. The zero-order valence-corrected chi connectivity index (χ0v) is 20.3. The third-order valence-electron chi connectivity index (χ3n) is 5.08. The maximum Gasteiger partial charge on any atom is 0.272 e. The lowest BCUT2D eigenvalue weighted by Gasteiger charge is -2.34. The monoisotopic (exact) mass is 469 g/mol. The zero-order chi connectivity index (χ0) is 24.5. The number of carbonyl (C=O) groups excluding carboxylic acids is 3. The molecule has 0 fully saturated rings. The first-order valence-corrected chi connectivity index (χ1v) is 11.4. The third kappa shape index (κ3) is 7.99. The molecule has 3 unspecified atom stereocenters. The van der Waals surface area contributed by atoms with Crippen LogP contribution in [0.5, 0.6) is 5.75 Å². The summed E-state index contributed by atoms with van der Waals surface area (Å²) < 4.78 is 4.44. The van der Waals surface area contributed by atoms with Gasteiger partial charge in [0.1, 0.15) is 17.9 Å². The van der Waals surface area contributed by atoms with E-state index >= 15 is 0 Å². The highest BCUT2D eigenvalue weighted by atomic mass is 32.2. The summed E-state index contributed by atoms with van der Waals surface area (Å²) in [5.41, 5.74) is 2.40. The fourth-order valence-corrected chi connectivity index (χ4v) is 4.22. The summed E-state index contributed by atoms with van der Waals surface area (Å²) in [7, 11) is 3.07. The maximum atomic E-state index is 13.0. The number of thioether (sulfide) groups is 1. The largest absolute Gasteiger partial charge is 0.497 e. The molecule has 0 aliphatic heterocycles. The van der Waals surface area contributed by atoms with E-state index in [1.807, 2.05) is 52.0 Å². The maximum absolute atomic E-state index is 13.0. The van der Waals surface area contributed by atoms with Crippen LogP contribution in [0.1, 0.15) is 39.7 Å². The van der Waals surface area contributed by atoms with Gasteiger partial charge in [0.2, 0.25) is 11.8 Å². The fourth-order valence-electron chi connectivity index (χ4n) is 3.16. The van der Waals surface area contributed by atoms with Crippen LogP contribution >= 0.6 is 11.8 Å². The van der Waals surface area contributed by atoms with Crippen molar-refractivity contribution in [1.29, 1.82) is 0 Å². The van der Waals surface area contributed by atoms with Gasteiger partial charge >= 0.3 is 0 Å². The standard InChI is InChI=1S/C22H35N3O6S/c1-13(2)11-16(17(26)20(28)25-30)19(27)24-18(21(29)23-5)22(3,4)32-12-14-7-9-15(31-6)10-8-14/h7-10,13,16-18,26,30H,11-12H2,1-6H3,(H,23,29)(H,24,27)(H,25,28). The Labute approximate surface area is 193 Å². The number of likely N-dealkylation sites (N-methyl/N-ethyl adjacent to an activating group) is 1. The van der Waals surface area contributed by atoms with Crippen molar-refractivity contribution in [2.75, 3.05) is 14.2 Å². The van der Waals surface area contributed by atoms with E-state index in [9.17, 15) is 19.5 Å². The van der Waals surface area contributed by atoms with E-state index in [0.29, 0.717) is 5.75 Å². The second kappa shape index (κ2) is 12.7. The summed E-state index contributed by atoms with van der Waals surface area (Å²) in [5.74, 6) is -1.91. The Morgan fingerprint density at radius 2 is 1.69 bits per heavy atom. The smallest absolute Gasteiger partial charge is 0.272 e. The molecule has 1 rings (SSSR count). The number of nitrogens with one attached hydrogen (secondary N) is 3. The molecule has 32 heavy (non-hydrogen) atoms. The number of hydroxylamine groups is 1. The second-order valence-corrected chi connectivity index (χ2v) is 10.1. The molecule has 0 aliphatic rings. The predicted molar refractivity (Wildman–Crippen MR) is 123 cm³/mol. The number of rotatable bonds is 12. The number of ether oxygens (including phenoxy) is 1. The summed E-state index contributed by atoms with van der Waals surface area (Å²) in [5, 5.41) is 24.4. The minimum Gasteiger partial charge on any atom is -0.497 e. The molecule has 3 amide bonds. The Kier molecular flexibility index (Phi) is 11.0. The van der Waals surface area contributed by atoms with Crippen molar-refractivity contribution < 1.29 is 29.4 Å². The van der Waals surface area contributed by atoms with E-state index in [2.05, 4.69) is 10.6 Å². The lowest BCUT2D eigenvalue weighted by Crippen LogP contribution is -2.58. The van der Waals surface area contributed by atoms with Gasteiger partial charge < -0.3 is 20.5 Å². The summed E-state index contributed by atoms with van der Waals surface area (Å²) in [6.45, 7) is 7.37. The van der Waals surface area contributed by atoms with Gasteiger partial charge in [-0.15, -0.1) is 11.8 Å². The van der Waals surface area contributed by atoms with Gasteiger partial charge in [-0.25, -0.2) is 5.48 Å². The van der Waals surface area contributed by atoms with Crippen LogP contribution in [0, 0.1) is 11.8 Å². The minimum absolute atomic E-state index is 0.0113. The number of hydrogen-bond donors (Lipinski definition) is 5. The summed E-state index contributed by atoms with van der Waals surface area (Å²) in [6.07, 6.45) is -1.55. The number of methoxy groups -OCH3 is 1. The van der Waals surface area contributed by atoms with Gasteiger partial charge in [0.15, 0.2) is 0 Å². The van der Waals surface area contributed by atoms with Gasteiger partial charge in [-0.3, -0.25) is 19.6 Å². The highest BCUT2D eigenvalue weighted by Crippen LogP contribution is 2.32. The van der Waals surface area contributed by atoms with E-state index in [1.165, 1.54) is 24.3 Å². The zero-order valence-electron chi connectivity index (χ0n) is 19.5. The normalized spacial score (nSPS) is 14.3. The van der Waals surface area contributed by atoms with Crippen LogP contribution in [-0.2, 0) is 20.1 Å². The van der Waals surface area contributed by atoms with E-state index in [0.717, 1.165) is 11.3 Å².